The molecule has 4 N–H and O–H groups in total. The van der Waals surface area contributed by atoms with Gasteiger partial charge in [-0.25, -0.2) is 0 Å². The Bertz CT molecular complexity index is 67.7. The Kier molecular flexibility index (Phi) is 6.86. The molecule has 0 aliphatic rings. The van der Waals surface area contributed by atoms with E-state index < -0.39 is 12.1 Å². The molecule has 2 atom stereocenters. The molecular weight excluding hydrogens is 174 g/mol. The lowest BCUT2D eigenvalue weighted by Crippen LogP contribution is -2.00. The second-order valence-electron chi connectivity index (χ2n) is 1.66. The molecule has 0 rings (SSSR count). The Balaban J connectivity index is 2.91. The maximum absolute atomic E-state index is 8.36. The van der Waals surface area contributed by atoms with Crippen LogP contribution in [0.1, 0.15) is 0 Å². The van der Waals surface area contributed by atoms with Gasteiger partial charge in [0.2, 0.25) is 0 Å². The first-order chi connectivity index (χ1) is 4.63. The molecule has 0 aliphatic heterocycles. The predicted octanol–water partition coefficient (Wildman–Crippen LogP) is -1.12. The number of aliphatic hydroxyl groups is 4. The summed E-state index contributed by atoms with van der Waals surface area (Å²) in [5.74, 6) is 0. The van der Waals surface area contributed by atoms with Crippen molar-refractivity contribution < 1.29 is 20.4 Å². The third-order valence-corrected chi connectivity index (χ3v) is 3.09. The summed E-state index contributed by atoms with van der Waals surface area (Å²) < 4.78 is 0. The SMILES string of the molecule is OC(O)PCCPC(O)O. The second-order valence-corrected chi connectivity index (χ2v) is 4.50. The van der Waals surface area contributed by atoms with Gasteiger partial charge in [-0.1, -0.05) is 17.2 Å². The molecule has 0 aromatic rings. The minimum Gasteiger partial charge on any atom is -0.365 e. The average molecular weight is 186 g/mol. The van der Waals surface area contributed by atoms with Gasteiger partial charge in [0.1, 0.15) is 0 Å². The van der Waals surface area contributed by atoms with Gasteiger partial charge in [-0.2, -0.15) is 0 Å². The Morgan fingerprint density at radius 2 is 1.10 bits per heavy atom. The summed E-state index contributed by atoms with van der Waals surface area (Å²) in [5, 5.41) is 33.5. The summed E-state index contributed by atoms with van der Waals surface area (Å²) in [5.41, 5.74) is 0. The molecule has 0 amide bonds. The molecule has 0 bridgehead atoms. The quantitative estimate of drug-likeness (QED) is 0.249. The monoisotopic (exact) mass is 186 g/mol. The minimum absolute atomic E-state index is 0.0840. The molecule has 2 unspecified atom stereocenters. The van der Waals surface area contributed by atoms with Crippen molar-refractivity contribution in [3.05, 3.63) is 0 Å². The first-order valence-corrected chi connectivity index (χ1v) is 5.39. The first-order valence-electron chi connectivity index (χ1n) is 2.82. The Morgan fingerprint density at radius 3 is 1.30 bits per heavy atom. The highest BCUT2D eigenvalue weighted by Crippen LogP contribution is 2.20. The van der Waals surface area contributed by atoms with Crippen molar-refractivity contribution in [2.75, 3.05) is 12.3 Å². The van der Waals surface area contributed by atoms with Gasteiger partial charge in [0.15, 0.2) is 12.1 Å². The zero-order valence-corrected chi connectivity index (χ0v) is 7.36. The fourth-order valence-corrected chi connectivity index (χ4v) is 2.07. The van der Waals surface area contributed by atoms with E-state index in [-0.39, 0.29) is 17.2 Å². The molecule has 6 heteroatoms. The summed E-state index contributed by atoms with van der Waals surface area (Å²) in [6, 6.07) is -2.47. The molecule has 62 valence electrons. The molecule has 0 heterocycles. The van der Waals surface area contributed by atoms with Crippen LogP contribution in [0.2, 0.25) is 0 Å². The van der Waals surface area contributed by atoms with Gasteiger partial charge in [-0.15, -0.1) is 0 Å². The van der Waals surface area contributed by atoms with Crippen LogP contribution in [0.3, 0.4) is 0 Å². The normalized spacial score (nSPS) is 13.8. The lowest BCUT2D eigenvalue weighted by molar-refractivity contribution is 0.0357. The average Bonchev–Trinajstić information content (AvgIpc) is 1.79. The van der Waals surface area contributed by atoms with Crippen molar-refractivity contribution in [3.8, 4) is 0 Å². The van der Waals surface area contributed by atoms with E-state index in [0.29, 0.717) is 12.3 Å². The van der Waals surface area contributed by atoms with Crippen LogP contribution in [0.4, 0.5) is 0 Å². The van der Waals surface area contributed by atoms with E-state index >= 15 is 0 Å². The van der Waals surface area contributed by atoms with E-state index in [9.17, 15) is 0 Å². The maximum atomic E-state index is 8.36. The maximum Gasteiger partial charge on any atom is 0.167 e. The van der Waals surface area contributed by atoms with Crippen LogP contribution in [0, 0.1) is 0 Å². The molecule has 0 aliphatic carbocycles. The van der Waals surface area contributed by atoms with Gasteiger partial charge in [0.05, 0.1) is 0 Å². The summed E-state index contributed by atoms with van der Waals surface area (Å²) in [6.45, 7) is 0. The molecule has 0 spiro atoms. The molecule has 10 heavy (non-hydrogen) atoms. The predicted molar refractivity (Wildman–Crippen MR) is 42.8 cm³/mol. The van der Waals surface area contributed by atoms with Crippen LogP contribution in [0.5, 0.6) is 0 Å². The third-order valence-electron chi connectivity index (χ3n) is 0.779. The molecule has 0 radical (unpaired) electrons. The zero-order valence-electron chi connectivity index (χ0n) is 5.36. The third kappa shape index (κ3) is 8.70. The molecule has 0 aromatic heterocycles. The van der Waals surface area contributed by atoms with E-state index in [1.807, 2.05) is 0 Å². The molecule has 0 aromatic carbocycles. The molecule has 4 nitrogen and oxygen atoms in total. The summed E-state index contributed by atoms with van der Waals surface area (Å²) >= 11 is 0. The van der Waals surface area contributed by atoms with Gasteiger partial charge in [-0.3, -0.25) is 0 Å². The van der Waals surface area contributed by atoms with Crippen LogP contribution >= 0.6 is 17.2 Å². The standard InChI is InChI=1S/C4H12O4P2/c5-3(6)9-1-2-10-4(7)8/h3-10H,1-2H2. The van der Waals surface area contributed by atoms with E-state index in [0.717, 1.165) is 0 Å². The summed E-state index contributed by atoms with van der Waals surface area (Å²) in [4.78, 5) is 0. The number of rotatable bonds is 5. The van der Waals surface area contributed by atoms with Crippen LogP contribution in [0.25, 0.3) is 0 Å². The van der Waals surface area contributed by atoms with Crippen molar-refractivity contribution in [2.24, 2.45) is 0 Å². The fraction of sp³-hybridized carbons (Fsp3) is 1.00. The van der Waals surface area contributed by atoms with Crippen molar-refractivity contribution in [1.82, 2.24) is 0 Å². The van der Waals surface area contributed by atoms with Gasteiger partial charge in [0, 0.05) is 0 Å². The first kappa shape index (κ1) is 10.7. The minimum atomic E-state index is -1.24. The van der Waals surface area contributed by atoms with Crippen molar-refractivity contribution in [2.45, 2.75) is 12.1 Å². The van der Waals surface area contributed by atoms with Gasteiger partial charge >= 0.3 is 0 Å². The molecule has 0 fully saturated rings. The highest BCUT2D eigenvalue weighted by Gasteiger charge is 1.98. The van der Waals surface area contributed by atoms with Gasteiger partial charge < -0.3 is 20.4 Å². The topological polar surface area (TPSA) is 80.9 Å². The Morgan fingerprint density at radius 1 is 0.800 bits per heavy atom. The van der Waals surface area contributed by atoms with E-state index in [1.165, 1.54) is 0 Å². The van der Waals surface area contributed by atoms with E-state index in [2.05, 4.69) is 0 Å². The van der Waals surface area contributed by atoms with Crippen molar-refractivity contribution in [3.63, 3.8) is 0 Å². The van der Waals surface area contributed by atoms with E-state index in [1.54, 1.807) is 0 Å². The van der Waals surface area contributed by atoms with E-state index in [4.69, 9.17) is 20.4 Å². The fourth-order valence-electron chi connectivity index (χ4n) is 0.403. The van der Waals surface area contributed by atoms with Gasteiger partial charge in [-0.05, 0) is 12.3 Å². The smallest absolute Gasteiger partial charge is 0.167 e. The summed E-state index contributed by atoms with van der Waals surface area (Å²) in [7, 11) is 0.168. The lowest BCUT2D eigenvalue weighted by Gasteiger charge is -2.04. The van der Waals surface area contributed by atoms with Crippen LogP contribution in [-0.4, -0.2) is 44.8 Å². The van der Waals surface area contributed by atoms with Gasteiger partial charge in [0.25, 0.3) is 0 Å². The Hall–Kier alpha value is 0.700. The van der Waals surface area contributed by atoms with Crippen LogP contribution in [-0.2, 0) is 0 Å². The molecule has 0 saturated heterocycles. The summed E-state index contributed by atoms with van der Waals surface area (Å²) in [6.07, 6.45) is 1.29. The highest BCUT2D eigenvalue weighted by molar-refractivity contribution is 7.42. The highest BCUT2D eigenvalue weighted by atomic mass is 31.1. The van der Waals surface area contributed by atoms with Crippen LogP contribution in [0.15, 0.2) is 0 Å². The zero-order chi connectivity index (χ0) is 7.98. The number of hydrogen-bond donors (Lipinski definition) is 4. The molecule has 0 saturated carbocycles. The second kappa shape index (κ2) is 6.41. The number of hydrogen-bond acceptors (Lipinski definition) is 4. The lowest BCUT2D eigenvalue weighted by atomic mass is 11.0. The van der Waals surface area contributed by atoms with Crippen molar-refractivity contribution >= 4 is 17.2 Å². The largest absolute Gasteiger partial charge is 0.365 e. The number of aliphatic hydroxyl groups excluding tert-OH is 2. The van der Waals surface area contributed by atoms with Crippen molar-refractivity contribution in [1.29, 1.82) is 0 Å². The Labute approximate surface area is 62.8 Å². The molecular formula is C4H12O4P2. The van der Waals surface area contributed by atoms with Crippen LogP contribution < -0.4 is 0 Å².